The number of anilines is 1. The Morgan fingerprint density at radius 2 is 2.00 bits per heavy atom. The zero-order valence-corrected chi connectivity index (χ0v) is 13.8. The highest BCUT2D eigenvalue weighted by Gasteiger charge is 2.14. The second-order valence-corrected chi connectivity index (χ2v) is 5.83. The molecule has 0 fully saturated rings. The lowest BCUT2D eigenvalue weighted by Gasteiger charge is -2.20. The van der Waals surface area contributed by atoms with Crippen LogP contribution in [0.4, 0.5) is 5.69 Å². The van der Waals surface area contributed by atoms with Crippen molar-refractivity contribution in [2.75, 3.05) is 18.9 Å². The molecule has 3 N–H and O–H groups in total. The molecule has 0 saturated carbocycles. The molecule has 0 radical (unpaired) electrons. The Hall–Kier alpha value is -0.920. The van der Waals surface area contributed by atoms with Crippen molar-refractivity contribution in [1.29, 1.82) is 0 Å². The van der Waals surface area contributed by atoms with Crippen LogP contribution in [0.1, 0.15) is 12.5 Å². The van der Waals surface area contributed by atoms with Gasteiger partial charge in [0.15, 0.2) is 0 Å². The van der Waals surface area contributed by atoms with Gasteiger partial charge in [-0.2, -0.15) is 0 Å². The van der Waals surface area contributed by atoms with Gasteiger partial charge in [-0.1, -0.05) is 15.9 Å². The normalized spacial score (nSPS) is 10.2. The van der Waals surface area contributed by atoms with E-state index in [1.54, 1.807) is 7.05 Å². The third-order valence-corrected chi connectivity index (χ3v) is 3.53. The molecule has 0 bridgehead atoms. The number of nitrogens with zero attached hydrogens (tertiary/aromatic N) is 1. The highest BCUT2D eigenvalue weighted by molar-refractivity contribution is 9.11. The fourth-order valence-corrected chi connectivity index (χ4v) is 2.98. The molecule has 0 aromatic heterocycles. The van der Waals surface area contributed by atoms with Crippen LogP contribution in [0.25, 0.3) is 0 Å². The summed E-state index contributed by atoms with van der Waals surface area (Å²) >= 11 is 6.78. The Labute approximate surface area is 128 Å². The van der Waals surface area contributed by atoms with Gasteiger partial charge < -0.3 is 16.0 Å². The van der Waals surface area contributed by atoms with Gasteiger partial charge in [0.1, 0.15) is 0 Å². The maximum absolute atomic E-state index is 11.5. The maximum Gasteiger partial charge on any atom is 0.236 e. The summed E-state index contributed by atoms with van der Waals surface area (Å²) in [4.78, 5) is 24.3. The zero-order valence-electron chi connectivity index (χ0n) is 10.7. The van der Waals surface area contributed by atoms with Crippen LogP contribution in [-0.2, 0) is 16.1 Å². The summed E-state index contributed by atoms with van der Waals surface area (Å²) in [5.41, 5.74) is 6.81. The Kier molecular flexibility index (Phi) is 5.96. The molecule has 7 heteroatoms. The Morgan fingerprint density at radius 1 is 1.37 bits per heavy atom. The van der Waals surface area contributed by atoms with Gasteiger partial charge in [-0.25, -0.2) is 0 Å². The van der Waals surface area contributed by atoms with Gasteiger partial charge in [0.25, 0.3) is 0 Å². The van der Waals surface area contributed by atoms with E-state index in [0.29, 0.717) is 12.2 Å². The maximum atomic E-state index is 11.5. The second kappa shape index (κ2) is 7.02. The van der Waals surface area contributed by atoms with Crippen LogP contribution in [0.2, 0.25) is 0 Å². The molecule has 1 aromatic carbocycles. The molecule has 1 aromatic rings. The summed E-state index contributed by atoms with van der Waals surface area (Å²) in [5, 5.41) is 2.76. The van der Waals surface area contributed by atoms with Crippen LogP contribution in [0.3, 0.4) is 0 Å². The number of amides is 2. The largest absolute Gasteiger partial charge is 0.340 e. The van der Waals surface area contributed by atoms with Gasteiger partial charge in [-0.15, -0.1) is 0 Å². The minimum Gasteiger partial charge on any atom is -0.340 e. The second-order valence-electron chi connectivity index (χ2n) is 4.06. The average Bonchev–Trinajstić information content (AvgIpc) is 2.32. The number of carbonyl (C=O) groups is 2. The first kappa shape index (κ1) is 16.1. The molecule has 0 aliphatic carbocycles. The van der Waals surface area contributed by atoms with Crippen LogP contribution in [-0.4, -0.2) is 30.3 Å². The fraction of sp³-hybridized carbons (Fsp3) is 0.333. The molecule has 0 unspecified atom stereocenters. The molecule has 19 heavy (non-hydrogen) atoms. The predicted molar refractivity (Wildman–Crippen MR) is 81.7 cm³/mol. The molecular weight excluding hydrogens is 378 g/mol. The van der Waals surface area contributed by atoms with E-state index in [4.69, 9.17) is 5.73 Å². The Balaban J connectivity index is 3.10. The van der Waals surface area contributed by atoms with Crippen molar-refractivity contribution in [3.05, 3.63) is 26.6 Å². The first-order chi connectivity index (χ1) is 8.85. The number of hydrogen-bond acceptors (Lipinski definition) is 3. The summed E-state index contributed by atoms with van der Waals surface area (Å²) in [7, 11) is 1.67. The summed E-state index contributed by atoms with van der Waals surface area (Å²) < 4.78 is 1.61. The molecule has 104 valence electrons. The molecule has 0 atom stereocenters. The van der Waals surface area contributed by atoms with E-state index in [-0.39, 0.29) is 18.4 Å². The zero-order chi connectivity index (χ0) is 14.6. The molecular formula is C12H15Br2N3O2. The predicted octanol–water partition coefficient (Wildman–Crippen LogP) is 2.09. The van der Waals surface area contributed by atoms with E-state index in [1.165, 1.54) is 11.8 Å². The molecule has 5 nitrogen and oxygen atoms in total. The number of hydrogen-bond donors (Lipinski definition) is 2. The number of halogens is 2. The molecule has 2 amide bonds. The lowest BCUT2D eigenvalue weighted by molar-refractivity contribution is -0.128. The number of benzene rings is 1. The minimum absolute atomic E-state index is 0.0405. The van der Waals surface area contributed by atoms with E-state index in [9.17, 15) is 9.59 Å². The summed E-state index contributed by atoms with van der Waals surface area (Å²) in [6.07, 6.45) is 0. The van der Waals surface area contributed by atoms with Gasteiger partial charge in [-0.05, 0) is 33.6 Å². The van der Waals surface area contributed by atoms with Crippen molar-refractivity contribution in [3.8, 4) is 0 Å². The van der Waals surface area contributed by atoms with Crippen LogP contribution in [0.15, 0.2) is 21.1 Å². The summed E-state index contributed by atoms with van der Waals surface area (Å²) in [5.74, 6) is -0.332. The van der Waals surface area contributed by atoms with E-state index < -0.39 is 0 Å². The minimum atomic E-state index is -0.169. The number of likely N-dealkylation sites (N-methyl/N-ethyl adjacent to an activating group) is 1. The smallest absolute Gasteiger partial charge is 0.236 e. The third-order valence-electron chi connectivity index (χ3n) is 2.45. The van der Waals surface area contributed by atoms with E-state index >= 15 is 0 Å². The lowest BCUT2D eigenvalue weighted by Crippen LogP contribution is -2.32. The van der Waals surface area contributed by atoms with Crippen molar-refractivity contribution in [3.63, 3.8) is 0 Å². The highest BCUT2D eigenvalue weighted by Crippen LogP contribution is 2.31. The SMILES string of the molecule is CC(=O)Nc1c(Br)cc(Br)cc1CN(C)C(=O)CN. The first-order valence-corrected chi connectivity index (χ1v) is 7.13. The highest BCUT2D eigenvalue weighted by atomic mass is 79.9. The van der Waals surface area contributed by atoms with Gasteiger partial charge in [0.2, 0.25) is 11.8 Å². The molecule has 0 spiro atoms. The number of nitrogens with two attached hydrogens (primary N) is 1. The van der Waals surface area contributed by atoms with Gasteiger partial charge in [-0.3, -0.25) is 9.59 Å². The van der Waals surface area contributed by atoms with Gasteiger partial charge in [0.05, 0.1) is 12.2 Å². The van der Waals surface area contributed by atoms with E-state index in [0.717, 1.165) is 14.5 Å². The van der Waals surface area contributed by atoms with Gasteiger partial charge >= 0.3 is 0 Å². The van der Waals surface area contributed by atoms with Crippen molar-refractivity contribution >= 4 is 49.4 Å². The van der Waals surface area contributed by atoms with Crippen molar-refractivity contribution in [1.82, 2.24) is 4.90 Å². The molecule has 0 aliphatic rings. The van der Waals surface area contributed by atoms with Gasteiger partial charge in [0, 0.05) is 29.5 Å². The lowest BCUT2D eigenvalue weighted by atomic mass is 10.1. The van der Waals surface area contributed by atoms with Crippen LogP contribution in [0.5, 0.6) is 0 Å². The third kappa shape index (κ3) is 4.59. The molecule has 0 saturated heterocycles. The standard InChI is InChI=1S/C12H15Br2N3O2/c1-7(18)16-12-8(3-9(13)4-10(12)14)6-17(2)11(19)5-15/h3-4H,5-6,15H2,1-2H3,(H,16,18). The summed E-state index contributed by atoms with van der Waals surface area (Å²) in [6.45, 7) is 1.76. The quantitative estimate of drug-likeness (QED) is 0.823. The Morgan fingerprint density at radius 3 is 2.53 bits per heavy atom. The Bertz CT molecular complexity index is 506. The monoisotopic (exact) mass is 391 g/mol. The number of rotatable bonds is 4. The molecule has 1 rings (SSSR count). The number of carbonyl (C=O) groups excluding carboxylic acids is 2. The molecule has 0 aliphatic heterocycles. The van der Waals surface area contributed by atoms with E-state index in [2.05, 4.69) is 37.2 Å². The first-order valence-electron chi connectivity index (χ1n) is 5.54. The van der Waals surface area contributed by atoms with Crippen molar-refractivity contribution < 1.29 is 9.59 Å². The topological polar surface area (TPSA) is 75.4 Å². The van der Waals surface area contributed by atoms with Crippen molar-refractivity contribution in [2.45, 2.75) is 13.5 Å². The van der Waals surface area contributed by atoms with Crippen molar-refractivity contribution in [2.24, 2.45) is 5.73 Å². The number of nitrogens with one attached hydrogen (secondary N) is 1. The van der Waals surface area contributed by atoms with Crippen LogP contribution in [0, 0.1) is 0 Å². The van der Waals surface area contributed by atoms with E-state index in [1.807, 2.05) is 12.1 Å². The fourth-order valence-electron chi connectivity index (χ4n) is 1.57. The summed E-state index contributed by atoms with van der Waals surface area (Å²) in [6, 6.07) is 3.69. The van der Waals surface area contributed by atoms with Crippen LogP contribution < -0.4 is 11.1 Å². The molecule has 0 heterocycles. The average molecular weight is 393 g/mol. The van der Waals surface area contributed by atoms with Crippen LogP contribution >= 0.6 is 31.9 Å².